The van der Waals surface area contributed by atoms with E-state index in [9.17, 15) is 13.2 Å². The Morgan fingerprint density at radius 1 is 1.12 bits per heavy atom. The van der Waals surface area contributed by atoms with Gasteiger partial charge in [-0.3, -0.25) is 10.3 Å². The van der Waals surface area contributed by atoms with Gasteiger partial charge in [-0.25, -0.2) is 0 Å². The van der Waals surface area contributed by atoms with Crippen molar-refractivity contribution in [1.29, 1.82) is 5.26 Å². The highest BCUT2D eigenvalue weighted by Gasteiger charge is 2.59. The Balaban J connectivity index is 2.14. The Labute approximate surface area is 170 Å². The molecule has 1 aliphatic heterocycles. The Bertz CT molecular complexity index is 936. The van der Waals surface area contributed by atoms with E-state index in [0.29, 0.717) is 14.7 Å². The van der Waals surface area contributed by atoms with Gasteiger partial charge in [-0.1, -0.05) is 29.3 Å². The Morgan fingerprint density at radius 2 is 1.77 bits per heavy atom. The van der Waals surface area contributed by atoms with Gasteiger partial charge >= 0.3 is 6.18 Å². The van der Waals surface area contributed by atoms with Gasteiger partial charge in [0.2, 0.25) is 5.60 Å². The third-order valence-corrected chi connectivity index (χ3v) is 5.11. The molecule has 1 N–H and O–H groups in total. The molecule has 1 unspecified atom stereocenters. The highest BCUT2D eigenvalue weighted by Crippen LogP contribution is 2.48. The van der Waals surface area contributed by atoms with Gasteiger partial charge < -0.3 is 0 Å². The molecule has 0 aromatic heterocycles. The van der Waals surface area contributed by atoms with Crippen LogP contribution in [0.4, 0.5) is 13.2 Å². The summed E-state index contributed by atoms with van der Waals surface area (Å²) < 4.78 is 42.3. The van der Waals surface area contributed by atoms with Gasteiger partial charge in [0.15, 0.2) is 0 Å². The van der Waals surface area contributed by atoms with Crippen LogP contribution in [0.1, 0.15) is 16.7 Å². The molecule has 3 rings (SSSR count). The summed E-state index contributed by atoms with van der Waals surface area (Å²) in [6.07, 6.45) is -3.83. The zero-order valence-corrected chi connectivity index (χ0v) is 16.3. The van der Waals surface area contributed by atoms with Crippen molar-refractivity contribution >= 4 is 51.5 Å². The van der Waals surface area contributed by atoms with Gasteiger partial charge in [0, 0.05) is 24.7 Å². The molecule has 0 fully saturated rings. The lowest BCUT2D eigenvalue weighted by atomic mass is 9.91. The average Bonchev–Trinajstić information content (AvgIpc) is 3.00. The van der Waals surface area contributed by atoms with Crippen molar-refractivity contribution in [2.45, 2.75) is 11.8 Å². The van der Waals surface area contributed by atoms with Crippen LogP contribution in [0.3, 0.4) is 0 Å². The molecule has 1 aliphatic rings. The molecule has 0 amide bonds. The first-order valence-corrected chi connectivity index (χ1v) is 8.90. The molecular weight excluding hydrogens is 503 g/mol. The van der Waals surface area contributed by atoms with Gasteiger partial charge in [0.25, 0.3) is 0 Å². The Morgan fingerprint density at radius 3 is 2.31 bits per heavy atom. The third-order valence-electron chi connectivity index (χ3n) is 3.78. The molecule has 26 heavy (non-hydrogen) atoms. The highest BCUT2D eigenvalue weighted by molar-refractivity contribution is 14.1. The second-order valence-electron chi connectivity index (χ2n) is 5.46. The molecule has 1 heterocycles. The fourth-order valence-electron chi connectivity index (χ4n) is 2.53. The van der Waals surface area contributed by atoms with E-state index in [1.54, 1.807) is 12.1 Å². The minimum Gasteiger partial charge on any atom is -0.265 e. The maximum absolute atomic E-state index is 13.9. The van der Waals surface area contributed by atoms with Crippen molar-refractivity contribution in [2.24, 2.45) is 0 Å². The number of nitriles is 1. The first-order chi connectivity index (χ1) is 12.2. The normalized spacial score (nSPS) is 19.7. The second kappa shape index (κ2) is 6.93. The lowest BCUT2D eigenvalue weighted by molar-refractivity contribution is -0.269. The fourth-order valence-corrected chi connectivity index (χ4v) is 3.69. The molecule has 134 valence electrons. The monoisotopic (exact) mass is 510 g/mol. The van der Waals surface area contributed by atoms with E-state index in [0.717, 1.165) is 18.2 Å². The van der Waals surface area contributed by atoms with Gasteiger partial charge in [0.1, 0.15) is 6.07 Å². The molecule has 0 spiro atoms. The molecule has 2 aromatic rings. The van der Waals surface area contributed by atoms with Crippen molar-refractivity contribution in [2.75, 3.05) is 0 Å². The van der Waals surface area contributed by atoms with Crippen LogP contribution in [0.25, 0.3) is 5.70 Å². The van der Waals surface area contributed by atoms with Crippen LogP contribution in [0.15, 0.2) is 42.5 Å². The van der Waals surface area contributed by atoms with Gasteiger partial charge in [-0.15, -0.1) is 0 Å². The van der Waals surface area contributed by atoms with Crippen molar-refractivity contribution in [3.05, 3.63) is 72.8 Å². The minimum atomic E-state index is -4.77. The number of benzene rings is 2. The Kier molecular flexibility index (Phi) is 5.14. The molecule has 0 radical (unpaired) electrons. The molecule has 0 saturated heterocycles. The summed E-state index contributed by atoms with van der Waals surface area (Å²) in [6, 6.07) is 10.3. The summed E-state index contributed by atoms with van der Waals surface area (Å²) in [5, 5.41) is 9.11. The average molecular weight is 511 g/mol. The number of alkyl halides is 3. The summed E-state index contributed by atoms with van der Waals surface area (Å²) in [5.41, 5.74) is 0.365. The number of hydrogen-bond acceptors (Lipinski definition) is 3. The zero-order chi connectivity index (χ0) is 19.1. The number of rotatable bonds is 2. The van der Waals surface area contributed by atoms with E-state index < -0.39 is 11.8 Å². The van der Waals surface area contributed by atoms with Gasteiger partial charge in [-0.2, -0.15) is 18.4 Å². The molecule has 0 bridgehead atoms. The number of halogens is 6. The molecule has 0 saturated carbocycles. The summed E-state index contributed by atoms with van der Waals surface area (Å²) in [7, 11) is 0. The van der Waals surface area contributed by atoms with Crippen LogP contribution < -0.4 is 5.48 Å². The van der Waals surface area contributed by atoms with Crippen LogP contribution in [-0.2, 0) is 10.4 Å². The van der Waals surface area contributed by atoms with Crippen molar-refractivity contribution in [3.63, 3.8) is 0 Å². The number of hydroxylamine groups is 1. The largest absolute Gasteiger partial charge is 0.428 e. The minimum absolute atomic E-state index is 0.0643. The zero-order valence-electron chi connectivity index (χ0n) is 12.7. The molecule has 9 heteroatoms. The van der Waals surface area contributed by atoms with E-state index in [2.05, 4.69) is 5.48 Å². The number of hydrogen-bond donors (Lipinski definition) is 1. The lowest BCUT2D eigenvalue weighted by Crippen LogP contribution is -2.42. The van der Waals surface area contributed by atoms with Gasteiger partial charge in [0.05, 0.1) is 11.3 Å². The number of nitrogens with zero attached hydrogens (tertiary/aromatic N) is 1. The van der Waals surface area contributed by atoms with Crippen molar-refractivity contribution in [1.82, 2.24) is 5.48 Å². The molecule has 3 nitrogen and oxygen atoms in total. The molecule has 0 aliphatic carbocycles. The maximum atomic E-state index is 13.9. The van der Waals surface area contributed by atoms with Crippen LogP contribution in [0, 0.1) is 14.9 Å². The first kappa shape index (κ1) is 19.3. The van der Waals surface area contributed by atoms with Crippen LogP contribution in [0.5, 0.6) is 0 Å². The van der Waals surface area contributed by atoms with Crippen molar-refractivity contribution < 1.29 is 18.0 Å². The summed E-state index contributed by atoms with van der Waals surface area (Å²) >= 11 is 13.7. The number of nitrogens with one attached hydrogen (secondary N) is 1. The van der Waals surface area contributed by atoms with Crippen molar-refractivity contribution in [3.8, 4) is 6.07 Å². The predicted octanol–water partition coefficient (Wildman–Crippen LogP) is 5.80. The quantitative estimate of drug-likeness (QED) is 0.519. The van der Waals surface area contributed by atoms with E-state index in [1.165, 1.54) is 12.1 Å². The molecule has 2 aromatic carbocycles. The first-order valence-electron chi connectivity index (χ1n) is 7.06. The second-order valence-corrected chi connectivity index (χ2v) is 7.50. The molecular formula is C17H8Cl2F3IN2O. The topological polar surface area (TPSA) is 45.0 Å². The summed E-state index contributed by atoms with van der Waals surface area (Å²) in [6.45, 7) is 0. The standard InChI is InChI=1S/C17H8Cl2F3IN2O/c18-12-4-11(5-13(19)6-12)16(17(20,21)22)7-15(25-26-16)9-1-2-10(8-24)14(23)3-9/h1-7,25H. The maximum Gasteiger partial charge on any atom is 0.428 e. The summed E-state index contributed by atoms with van der Waals surface area (Å²) in [4.78, 5) is 5.01. The lowest BCUT2D eigenvalue weighted by Gasteiger charge is -2.28. The van der Waals surface area contributed by atoms with Crippen LogP contribution in [0.2, 0.25) is 10.0 Å². The van der Waals surface area contributed by atoms with Crippen LogP contribution >= 0.6 is 45.8 Å². The SMILES string of the molecule is N#Cc1ccc(C2=CC(c3cc(Cl)cc(Cl)c3)(C(F)(F)F)ON2)cc1I. The van der Waals surface area contributed by atoms with E-state index in [1.807, 2.05) is 28.7 Å². The third kappa shape index (κ3) is 3.39. The highest BCUT2D eigenvalue weighted by atomic mass is 127. The fraction of sp³-hybridized carbons (Fsp3) is 0.118. The van der Waals surface area contributed by atoms with E-state index in [-0.39, 0.29) is 21.3 Å². The smallest absolute Gasteiger partial charge is 0.265 e. The van der Waals surface area contributed by atoms with Crippen LogP contribution in [-0.4, -0.2) is 6.18 Å². The summed E-state index contributed by atoms with van der Waals surface area (Å²) in [5.74, 6) is 0. The van der Waals surface area contributed by atoms with E-state index in [4.69, 9.17) is 33.3 Å². The van der Waals surface area contributed by atoms with E-state index >= 15 is 0 Å². The predicted molar refractivity (Wildman–Crippen MR) is 100 cm³/mol. The molecule has 1 atom stereocenters. The Hall–Kier alpha value is -1.47. The van der Waals surface area contributed by atoms with Gasteiger partial charge in [-0.05, 0) is 59.0 Å².